The maximum atomic E-state index is 13.7. The van der Waals surface area contributed by atoms with Crippen LogP contribution < -0.4 is 10.6 Å². The first-order valence-corrected chi connectivity index (χ1v) is 8.02. The lowest BCUT2D eigenvalue weighted by atomic mass is 10.2. The molecule has 1 aromatic heterocycles. The number of aryl methyl sites for hydroxylation is 1. The quantitative estimate of drug-likeness (QED) is 0.745. The molecule has 128 valence electrons. The van der Waals surface area contributed by atoms with Gasteiger partial charge in [0, 0.05) is 12.7 Å². The van der Waals surface area contributed by atoms with E-state index in [4.69, 9.17) is 0 Å². The molecule has 0 atom stereocenters. The van der Waals surface area contributed by atoms with Gasteiger partial charge in [-0.25, -0.2) is 13.9 Å². The fraction of sp³-hybridized carbons (Fsp3) is 0.158. The second kappa shape index (κ2) is 7.61. The summed E-state index contributed by atoms with van der Waals surface area (Å²) in [7, 11) is 0. The monoisotopic (exact) mass is 338 g/mol. The topological polar surface area (TPSA) is 59.0 Å². The van der Waals surface area contributed by atoms with Crippen LogP contribution in [0.5, 0.6) is 0 Å². The second-order valence-corrected chi connectivity index (χ2v) is 5.74. The molecule has 0 saturated carbocycles. The van der Waals surface area contributed by atoms with Gasteiger partial charge in [0.25, 0.3) is 0 Å². The number of para-hydroxylation sites is 1. The fourth-order valence-electron chi connectivity index (χ4n) is 2.42. The van der Waals surface area contributed by atoms with Crippen LogP contribution in [0.25, 0.3) is 5.69 Å². The molecule has 2 amide bonds. The minimum atomic E-state index is -0.445. The van der Waals surface area contributed by atoms with Gasteiger partial charge in [-0.05, 0) is 48.7 Å². The summed E-state index contributed by atoms with van der Waals surface area (Å²) in [5.41, 5.74) is 2.96. The zero-order valence-electron chi connectivity index (χ0n) is 13.9. The maximum Gasteiger partial charge on any atom is 0.319 e. The molecular formula is C19H19FN4O. The number of benzene rings is 2. The van der Waals surface area contributed by atoms with Crippen molar-refractivity contribution in [1.82, 2.24) is 15.1 Å². The summed E-state index contributed by atoms with van der Waals surface area (Å²) in [6.07, 6.45) is 4.33. The first-order valence-electron chi connectivity index (χ1n) is 8.02. The van der Waals surface area contributed by atoms with Crippen molar-refractivity contribution in [3.8, 4) is 5.69 Å². The lowest BCUT2D eigenvalue weighted by Gasteiger charge is -2.08. The molecule has 0 unspecified atom stereocenters. The normalized spacial score (nSPS) is 10.5. The minimum absolute atomic E-state index is 0.167. The van der Waals surface area contributed by atoms with E-state index in [-0.39, 0.29) is 5.69 Å². The Morgan fingerprint density at radius 3 is 2.76 bits per heavy atom. The third-order valence-electron chi connectivity index (χ3n) is 3.73. The molecule has 0 spiro atoms. The van der Waals surface area contributed by atoms with Crippen LogP contribution in [-0.4, -0.2) is 22.4 Å². The predicted molar refractivity (Wildman–Crippen MR) is 95.4 cm³/mol. The third kappa shape index (κ3) is 4.44. The number of halogens is 1. The van der Waals surface area contributed by atoms with Gasteiger partial charge in [0.15, 0.2) is 0 Å². The fourth-order valence-corrected chi connectivity index (χ4v) is 2.42. The standard InChI is InChI=1S/C19H19FN4O/c1-14-7-8-18(17(20)11-14)23-19(25)21-10-9-15-12-22-24(13-15)16-5-3-2-4-6-16/h2-8,11-13H,9-10H2,1H3,(H2,21,23,25). The zero-order chi connectivity index (χ0) is 17.6. The Bertz CT molecular complexity index is 861. The number of aromatic nitrogens is 2. The molecule has 1 heterocycles. The van der Waals surface area contributed by atoms with Gasteiger partial charge in [-0.15, -0.1) is 0 Å². The lowest BCUT2D eigenvalue weighted by molar-refractivity contribution is 0.252. The van der Waals surface area contributed by atoms with Gasteiger partial charge in [-0.2, -0.15) is 5.10 Å². The summed E-state index contributed by atoms with van der Waals surface area (Å²) in [6.45, 7) is 2.22. The molecule has 25 heavy (non-hydrogen) atoms. The van der Waals surface area contributed by atoms with E-state index in [0.29, 0.717) is 13.0 Å². The molecule has 0 bridgehead atoms. The van der Waals surface area contributed by atoms with Crippen molar-refractivity contribution in [3.63, 3.8) is 0 Å². The van der Waals surface area contributed by atoms with Gasteiger partial charge in [-0.1, -0.05) is 24.3 Å². The summed E-state index contributed by atoms with van der Waals surface area (Å²) < 4.78 is 15.5. The Labute approximate surface area is 145 Å². The molecule has 2 N–H and O–H groups in total. The molecular weight excluding hydrogens is 319 g/mol. The van der Waals surface area contributed by atoms with Crippen LogP contribution in [-0.2, 0) is 6.42 Å². The van der Waals surface area contributed by atoms with E-state index in [0.717, 1.165) is 16.8 Å². The number of rotatable bonds is 5. The average molecular weight is 338 g/mol. The van der Waals surface area contributed by atoms with Crippen molar-refractivity contribution in [2.24, 2.45) is 0 Å². The Morgan fingerprint density at radius 2 is 2.00 bits per heavy atom. The highest BCUT2D eigenvalue weighted by molar-refractivity contribution is 5.89. The van der Waals surface area contributed by atoms with E-state index in [2.05, 4.69) is 15.7 Å². The molecule has 5 nitrogen and oxygen atoms in total. The molecule has 0 fully saturated rings. The molecule has 0 saturated heterocycles. The molecule has 0 aliphatic carbocycles. The van der Waals surface area contributed by atoms with Crippen LogP contribution in [0, 0.1) is 12.7 Å². The first-order chi connectivity index (χ1) is 12.1. The van der Waals surface area contributed by atoms with Crippen molar-refractivity contribution < 1.29 is 9.18 Å². The van der Waals surface area contributed by atoms with Gasteiger partial charge >= 0.3 is 6.03 Å². The van der Waals surface area contributed by atoms with E-state index in [1.807, 2.05) is 36.5 Å². The smallest absolute Gasteiger partial charge is 0.319 e. The third-order valence-corrected chi connectivity index (χ3v) is 3.73. The second-order valence-electron chi connectivity index (χ2n) is 5.74. The first kappa shape index (κ1) is 16.7. The number of hydrogen-bond donors (Lipinski definition) is 2. The number of nitrogens with zero attached hydrogens (tertiary/aromatic N) is 2. The van der Waals surface area contributed by atoms with Gasteiger partial charge < -0.3 is 10.6 Å². The Hall–Kier alpha value is -3.15. The number of nitrogens with one attached hydrogen (secondary N) is 2. The summed E-state index contributed by atoms with van der Waals surface area (Å²) in [4.78, 5) is 11.9. The number of amides is 2. The van der Waals surface area contributed by atoms with E-state index >= 15 is 0 Å². The number of anilines is 1. The molecule has 3 rings (SSSR count). The van der Waals surface area contributed by atoms with E-state index in [9.17, 15) is 9.18 Å². The van der Waals surface area contributed by atoms with E-state index in [1.54, 1.807) is 29.9 Å². The minimum Gasteiger partial charge on any atom is -0.338 e. The van der Waals surface area contributed by atoms with Crippen LogP contribution in [0.15, 0.2) is 60.9 Å². The van der Waals surface area contributed by atoms with Crippen molar-refractivity contribution in [3.05, 3.63) is 77.9 Å². The SMILES string of the molecule is Cc1ccc(NC(=O)NCCc2cnn(-c3ccccc3)c2)c(F)c1. The summed E-state index contributed by atoms with van der Waals surface area (Å²) in [5.74, 6) is -0.445. The average Bonchev–Trinajstić information content (AvgIpc) is 3.07. The number of carbonyl (C=O) groups excluding carboxylic acids is 1. The van der Waals surface area contributed by atoms with Crippen LogP contribution in [0.2, 0.25) is 0 Å². The van der Waals surface area contributed by atoms with Crippen LogP contribution in [0.3, 0.4) is 0 Å². The highest BCUT2D eigenvalue weighted by Gasteiger charge is 2.07. The number of urea groups is 1. The van der Waals surface area contributed by atoms with E-state index in [1.165, 1.54) is 6.07 Å². The van der Waals surface area contributed by atoms with Gasteiger partial charge in [-0.3, -0.25) is 0 Å². The van der Waals surface area contributed by atoms with E-state index < -0.39 is 11.8 Å². The molecule has 3 aromatic rings. The van der Waals surface area contributed by atoms with Crippen LogP contribution >= 0.6 is 0 Å². The number of carbonyl (C=O) groups is 1. The van der Waals surface area contributed by atoms with Crippen LogP contribution in [0.4, 0.5) is 14.9 Å². The Morgan fingerprint density at radius 1 is 1.20 bits per heavy atom. The maximum absolute atomic E-state index is 13.7. The zero-order valence-corrected chi connectivity index (χ0v) is 13.9. The highest BCUT2D eigenvalue weighted by Crippen LogP contribution is 2.15. The highest BCUT2D eigenvalue weighted by atomic mass is 19.1. The molecule has 0 aliphatic rings. The summed E-state index contributed by atoms with van der Waals surface area (Å²) in [6, 6.07) is 14.0. The van der Waals surface area contributed by atoms with Crippen molar-refractivity contribution in [1.29, 1.82) is 0 Å². The van der Waals surface area contributed by atoms with Crippen molar-refractivity contribution >= 4 is 11.7 Å². The molecule has 6 heteroatoms. The molecule has 0 aliphatic heterocycles. The summed E-state index contributed by atoms with van der Waals surface area (Å²) in [5, 5.41) is 9.54. The molecule has 2 aromatic carbocycles. The van der Waals surface area contributed by atoms with Crippen molar-refractivity contribution in [2.75, 3.05) is 11.9 Å². The lowest BCUT2D eigenvalue weighted by Crippen LogP contribution is -2.30. The Balaban J connectivity index is 1.49. The predicted octanol–water partition coefficient (Wildman–Crippen LogP) is 3.68. The summed E-state index contributed by atoms with van der Waals surface area (Å²) >= 11 is 0. The van der Waals surface area contributed by atoms with Crippen LogP contribution in [0.1, 0.15) is 11.1 Å². The molecule has 0 radical (unpaired) electrons. The van der Waals surface area contributed by atoms with Gasteiger partial charge in [0.2, 0.25) is 0 Å². The van der Waals surface area contributed by atoms with Gasteiger partial charge in [0.05, 0.1) is 17.6 Å². The number of hydrogen-bond acceptors (Lipinski definition) is 2. The van der Waals surface area contributed by atoms with Crippen molar-refractivity contribution in [2.45, 2.75) is 13.3 Å². The largest absolute Gasteiger partial charge is 0.338 e. The van der Waals surface area contributed by atoms with Gasteiger partial charge in [0.1, 0.15) is 5.82 Å². The Kier molecular flexibility index (Phi) is 5.09.